The van der Waals surface area contributed by atoms with Crippen LogP contribution in [0.25, 0.3) is 16.8 Å². The Labute approximate surface area is 246 Å². The molecule has 5 bridgehead atoms. The lowest BCUT2D eigenvalue weighted by molar-refractivity contribution is -0.143. The van der Waals surface area contributed by atoms with E-state index in [0.29, 0.717) is 25.1 Å². The second kappa shape index (κ2) is 13.4. The molecule has 2 aromatic rings. The van der Waals surface area contributed by atoms with E-state index in [1.54, 1.807) is 26.1 Å². The Balaban J connectivity index is 1.68. The summed E-state index contributed by atoms with van der Waals surface area (Å²) in [5.74, 6) is -2.22. The highest BCUT2D eigenvalue weighted by atomic mass is 16.5. The van der Waals surface area contributed by atoms with Crippen LogP contribution in [0, 0.1) is 11.8 Å². The lowest BCUT2D eigenvalue weighted by Crippen LogP contribution is -2.62. The average molecular weight is 579 g/mol. The van der Waals surface area contributed by atoms with E-state index in [0.717, 1.165) is 16.3 Å². The van der Waals surface area contributed by atoms with Crippen LogP contribution in [0.1, 0.15) is 64.8 Å². The van der Waals surface area contributed by atoms with Gasteiger partial charge in [-0.2, -0.15) is 0 Å². The van der Waals surface area contributed by atoms with Crippen molar-refractivity contribution in [2.24, 2.45) is 11.8 Å². The van der Waals surface area contributed by atoms with Crippen molar-refractivity contribution in [2.45, 2.75) is 77.7 Å². The Morgan fingerprint density at radius 2 is 1.67 bits per heavy atom. The van der Waals surface area contributed by atoms with Crippen LogP contribution in [0.15, 0.2) is 36.5 Å². The third kappa shape index (κ3) is 7.14. The number of hydrogen-bond donors (Lipinski definition) is 4. The first-order valence-corrected chi connectivity index (χ1v) is 14.6. The van der Waals surface area contributed by atoms with Crippen molar-refractivity contribution in [1.82, 2.24) is 31.4 Å². The molecule has 2 aliphatic rings. The van der Waals surface area contributed by atoms with Crippen LogP contribution >= 0.6 is 0 Å². The number of benzene rings is 1. The maximum Gasteiger partial charge on any atom is 0.258 e. The number of rotatable bonds is 2. The highest BCUT2D eigenvalue weighted by Gasteiger charge is 2.34. The SMILES string of the molecule is CO[C@@H]1/C=C/c2cc3cc(ccc3cn2)[C@@H](C)NC(=O)C2CCCN(N2)C(=O)C(C)NC(=O)C(C(C)C)NC(=O)[C@@H]1C. The van der Waals surface area contributed by atoms with Crippen LogP contribution in [0.5, 0.6) is 0 Å². The zero-order chi connectivity index (χ0) is 30.6. The second-order valence-corrected chi connectivity index (χ2v) is 11.6. The van der Waals surface area contributed by atoms with Crippen molar-refractivity contribution in [3.8, 4) is 0 Å². The highest BCUT2D eigenvalue weighted by Crippen LogP contribution is 2.22. The van der Waals surface area contributed by atoms with Gasteiger partial charge >= 0.3 is 0 Å². The van der Waals surface area contributed by atoms with E-state index in [-0.39, 0.29) is 29.7 Å². The summed E-state index contributed by atoms with van der Waals surface area (Å²) in [6.07, 6.45) is 6.00. The van der Waals surface area contributed by atoms with Gasteiger partial charge < -0.3 is 20.7 Å². The number of ether oxygens (including phenoxy) is 1. The minimum absolute atomic E-state index is 0.209. The number of nitrogens with one attached hydrogen (secondary N) is 4. The number of carbonyl (C=O) groups excluding carboxylic acids is 4. The minimum atomic E-state index is -0.873. The van der Waals surface area contributed by atoms with Gasteiger partial charge in [0.1, 0.15) is 18.1 Å². The van der Waals surface area contributed by atoms with E-state index in [1.807, 2.05) is 51.1 Å². The van der Waals surface area contributed by atoms with Crippen molar-refractivity contribution in [2.75, 3.05) is 13.7 Å². The third-order valence-electron chi connectivity index (χ3n) is 8.01. The molecule has 2 aliphatic heterocycles. The van der Waals surface area contributed by atoms with E-state index >= 15 is 0 Å². The van der Waals surface area contributed by atoms with Crippen LogP contribution in [0.3, 0.4) is 0 Å². The molecule has 4 amide bonds. The van der Waals surface area contributed by atoms with Crippen molar-refractivity contribution in [3.63, 3.8) is 0 Å². The number of pyridine rings is 1. The van der Waals surface area contributed by atoms with Crippen LogP contribution in [-0.4, -0.2) is 71.5 Å². The Morgan fingerprint density at radius 1 is 0.929 bits per heavy atom. The first kappa shape index (κ1) is 31.1. The van der Waals surface area contributed by atoms with Crippen molar-refractivity contribution < 1.29 is 23.9 Å². The zero-order valence-electron chi connectivity index (χ0n) is 25.1. The molecule has 1 aromatic heterocycles. The number of hydrogen-bond acceptors (Lipinski definition) is 7. The van der Waals surface area contributed by atoms with E-state index < -0.39 is 36.1 Å². The quantitative estimate of drug-likeness (QED) is 0.428. The van der Waals surface area contributed by atoms with Gasteiger partial charge in [0.2, 0.25) is 17.7 Å². The van der Waals surface area contributed by atoms with E-state index in [4.69, 9.17) is 4.74 Å². The molecule has 1 fully saturated rings. The second-order valence-electron chi connectivity index (χ2n) is 11.6. The predicted molar refractivity (Wildman–Crippen MR) is 160 cm³/mol. The predicted octanol–water partition coefficient (Wildman–Crippen LogP) is 2.23. The summed E-state index contributed by atoms with van der Waals surface area (Å²) < 4.78 is 5.61. The molecule has 0 saturated carbocycles. The van der Waals surface area contributed by atoms with Gasteiger partial charge in [0.05, 0.1) is 23.8 Å². The third-order valence-corrected chi connectivity index (χ3v) is 8.01. The summed E-state index contributed by atoms with van der Waals surface area (Å²) in [7, 11) is 1.53. The van der Waals surface area contributed by atoms with Gasteiger partial charge in [0.15, 0.2) is 0 Å². The number of aromatic nitrogens is 1. The Hall–Kier alpha value is -3.83. The molecule has 4 rings (SSSR count). The lowest BCUT2D eigenvalue weighted by Gasteiger charge is -2.35. The molecular weight excluding hydrogens is 536 g/mol. The van der Waals surface area contributed by atoms with Gasteiger partial charge in [-0.25, -0.2) is 5.43 Å². The molecule has 4 N–H and O–H groups in total. The molecule has 1 aromatic carbocycles. The monoisotopic (exact) mass is 578 g/mol. The number of nitrogens with zero attached hydrogens (tertiary/aromatic N) is 2. The fourth-order valence-corrected chi connectivity index (χ4v) is 5.28. The fourth-order valence-electron chi connectivity index (χ4n) is 5.28. The van der Waals surface area contributed by atoms with Crippen LogP contribution in [-0.2, 0) is 23.9 Å². The maximum atomic E-state index is 13.3. The minimum Gasteiger partial charge on any atom is -0.377 e. The molecule has 226 valence electrons. The standard InChI is InChI=1S/C31H42N6O5/c1-17(2)27-30(40)34-20(5)31(41)37-13-7-8-25(36-37)29(39)33-19(4)21-9-10-22-16-32-24(15-23(22)14-21)11-12-26(42-6)18(3)28(38)35-27/h9-12,14-20,25-27,36H,7-8,13H2,1-6H3,(H,33,39)(H,34,40)(H,35,38)/b12-11+/t18-,19-,20?,25?,26-,27?/m1/s1. The average Bonchev–Trinajstić information content (AvgIpc) is 2.98. The van der Waals surface area contributed by atoms with Crippen LogP contribution in [0.2, 0.25) is 0 Å². The van der Waals surface area contributed by atoms with Gasteiger partial charge in [-0.05, 0) is 61.8 Å². The summed E-state index contributed by atoms with van der Waals surface area (Å²) in [4.78, 5) is 57.5. The number of amides is 4. The van der Waals surface area contributed by atoms with Gasteiger partial charge in [-0.15, -0.1) is 0 Å². The Bertz CT molecular complexity index is 1360. The lowest BCUT2D eigenvalue weighted by atomic mass is 9.98. The molecule has 0 aliphatic carbocycles. The van der Waals surface area contributed by atoms with Gasteiger partial charge in [-0.1, -0.05) is 39.0 Å². The molecule has 0 spiro atoms. The fraction of sp³-hybridized carbons (Fsp3) is 0.516. The highest BCUT2D eigenvalue weighted by molar-refractivity contribution is 5.93. The maximum absolute atomic E-state index is 13.3. The molecule has 1 saturated heterocycles. The number of fused-ring (bicyclic) bond motifs is 4. The summed E-state index contributed by atoms with van der Waals surface area (Å²) in [5.41, 5.74) is 4.67. The first-order chi connectivity index (χ1) is 20.0. The number of carbonyl (C=O) groups is 4. The van der Waals surface area contributed by atoms with Crippen molar-refractivity contribution in [1.29, 1.82) is 0 Å². The van der Waals surface area contributed by atoms with Crippen molar-refractivity contribution in [3.05, 3.63) is 47.8 Å². The topological polar surface area (TPSA) is 142 Å². The summed E-state index contributed by atoms with van der Waals surface area (Å²) in [5, 5.41) is 12.0. The van der Waals surface area contributed by atoms with Crippen LogP contribution in [0.4, 0.5) is 0 Å². The number of hydrazine groups is 1. The molecule has 42 heavy (non-hydrogen) atoms. The molecule has 3 heterocycles. The van der Waals surface area contributed by atoms with Gasteiger partial charge in [0, 0.05) is 25.2 Å². The Morgan fingerprint density at radius 3 is 2.38 bits per heavy atom. The summed E-state index contributed by atoms with van der Waals surface area (Å²) in [6, 6.07) is 5.30. The van der Waals surface area contributed by atoms with Crippen LogP contribution < -0.4 is 21.4 Å². The number of methoxy groups -OCH3 is 1. The van der Waals surface area contributed by atoms with E-state index in [2.05, 4.69) is 26.4 Å². The van der Waals surface area contributed by atoms with Gasteiger partial charge in [-0.3, -0.25) is 29.2 Å². The Kier molecular flexibility index (Phi) is 9.95. The normalized spacial score (nSPS) is 29.1. The largest absolute Gasteiger partial charge is 0.377 e. The van der Waals surface area contributed by atoms with Crippen molar-refractivity contribution >= 4 is 40.5 Å². The zero-order valence-corrected chi connectivity index (χ0v) is 25.1. The van der Waals surface area contributed by atoms with E-state index in [9.17, 15) is 19.2 Å². The molecule has 6 atom stereocenters. The molecule has 11 heteroatoms. The molecule has 3 unspecified atom stereocenters. The smallest absolute Gasteiger partial charge is 0.258 e. The molecular formula is C31H42N6O5. The summed E-state index contributed by atoms with van der Waals surface area (Å²) >= 11 is 0. The first-order valence-electron chi connectivity index (χ1n) is 14.6. The summed E-state index contributed by atoms with van der Waals surface area (Å²) in [6.45, 7) is 9.32. The van der Waals surface area contributed by atoms with Gasteiger partial charge in [0.25, 0.3) is 5.91 Å². The molecule has 0 radical (unpaired) electrons. The van der Waals surface area contributed by atoms with E-state index in [1.165, 1.54) is 12.1 Å². The molecule has 11 nitrogen and oxygen atoms in total.